The van der Waals surface area contributed by atoms with Gasteiger partial charge in [0.05, 0.1) is 23.8 Å². The highest BCUT2D eigenvalue weighted by atomic mass is 32.2. The van der Waals surface area contributed by atoms with Crippen molar-refractivity contribution in [1.29, 1.82) is 0 Å². The summed E-state index contributed by atoms with van der Waals surface area (Å²) in [5, 5.41) is 0. The van der Waals surface area contributed by atoms with E-state index < -0.39 is 10.0 Å². The molecule has 3 aliphatic heterocycles. The van der Waals surface area contributed by atoms with Crippen LogP contribution in [0.25, 0.3) is 11.3 Å². The van der Waals surface area contributed by atoms with Crippen LogP contribution >= 0.6 is 0 Å². The maximum absolute atomic E-state index is 12.2. The van der Waals surface area contributed by atoms with E-state index in [0.717, 1.165) is 47.8 Å². The Kier molecular flexibility index (Phi) is 4.97. The normalized spacial score (nSPS) is 23.9. The molecule has 3 aliphatic rings. The summed E-state index contributed by atoms with van der Waals surface area (Å²) in [6, 6.07) is 6.09. The molecule has 0 aliphatic carbocycles. The van der Waals surface area contributed by atoms with Gasteiger partial charge in [-0.25, -0.2) is 17.7 Å². The van der Waals surface area contributed by atoms with Gasteiger partial charge in [-0.15, -0.1) is 0 Å². The van der Waals surface area contributed by atoms with Gasteiger partial charge in [-0.05, 0) is 42.9 Å². The van der Waals surface area contributed by atoms with Crippen LogP contribution in [0.2, 0.25) is 0 Å². The average Bonchev–Trinajstić information content (AvgIpc) is 3.36. The summed E-state index contributed by atoms with van der Waals surface area (Å²) >= 11 is 0. The van der Waals surface area contributed by atoms with Gasteiger partial charge in [0.15, 0.2) is 0 Å². The number of carbonyl (C=O) groups is 1. The fraction of sp³-hybridized carbons (Fsp3) is 0.500. The molecule has 9 heteroatoms. The van der Waals surface area contributed by atoms with Crippen molar-refractivity contribution in [3.63, 3.8) is 0 Å². The Morgan fingerprint density at radius 1 is 1.06 bits per heavy atom. The van der Waals surface area contributed by atoms with Crippen molar-refractivity contribution in [2.45, 2.75) is 19.8 Å². The Bertz CT molecular complexity index is 1120. The minimum atomic E-state index is -3.12. The largest absolute Gasteiger partial charge is 0.355 e. The summed E-state index contributed by atoms with van der Waals surface area (Å²) in [6.07, 6.45) is 4.83. The third-order valence-electron chi connectivity index (χ3n) is 6.88. The summed E-state index contributed by atoms with van der Waals surface area (Å²) < 4.78 is 26.0. The van der Waals surface area contributed by atoms with Crippen LogP contribution in [0, 0.1) is 11.8 Å². The van der Waals surface area contributed by atoms with Crippen molar-refractivity contribution in [1.82, 2.24) is 14.3 Å². The Hall–Kier alpha value is -2.52. The number of sulfonamides is 1. The molecule has 2 unspecified atom stereocenters. The molecule has 2 fully saturated rings. The first-order valence-corrected chi connectivity index (χ1v) is 12.4. The quantitative estimate of drug-likeness (QED) is 0.719. The maximum Gasteiger partial charge on any atom is 0.227 e. The topological polar surface area (TPSA) is 86.7 Å². The molecule has 1 aromatic heterocycles. The molecule has 31 heavy (non-hydrogen) atoms. The van der Waals surface area contributed by atoms with Gasteiger partial charge in [-0.3, -0.25) is 9.78 Å². The molecule has 0 spiro atoms. The molecular weight excluding hydrogens is 414 g/mol. The summed E-state index contributed by atoms with van der Waals surface area (Å²) in [5.41, 5.74) is 3.92. The van der Waals surface area contributed by atoms with E-state index in [9.17, 15) is 13.2 Å². The second-order valence-electron chi connectivity index (χ2n) is 8.70. The average molecular weight is 442 g/mol. The highest BCUT2D eigenvalue weighted by Crippen LogP contribution is 2.35. The molecule has 164 valence electrons. The standard InChI is InChI=1S/C22H27N5O3S/c1-3-31(29,30)27-13-17-11-26(12-18(17)14-27)21-10-23-9-19(24-21)15-4-6-20-16(8-15)5-7-22(28)25(20)2/h4,6,8-10,17-18H,3,5,7,11-14H2,1-2H3. The highest BCUT2D eigenvalue weighted by Gasteiger charge is 2.43. The molecule has 1 amide bonds. The molecular formula is C22H27N5O3S. The predicted octanol–water partition coefficient (Wildman–Crippen LogP) is 1.77. The Balaban J connectivity index is 1.34. The minimum Gasteiger partial charge on any atom is -0.355 e. The first-order chi connectivity index (χ1) is 14.9. The van der Waals surface area contributed by atoms with Gasteiger partial charge in [-0.1, -0.05) is 6.07 Å². The van der Waals surface area contributed by atoms with Crippen LogP contribution in [-0.2, 0) is 21.2 Å². The van der Waals surface area contributed by atoms with E-state index in [1.54, 1.807) is 28.5 Å². The van der Waals surface area contributed by atoms with Gasteiger partial charge < -0.3 is 9.80 Å². The Labute approximate surface area is 182 Å². The van der Waals surface area contributed by atoms with Crippen molar-refractivity contribution in [2.75, 3.05) is 48.8 Å². The summed E-state index contributed by atoms with van der Waals surface area (Å²) in [4.78, 5) is 25.2. The predicted molar refractivity (Wildman–Crippen MR) is 119 cm³/mol. The lowest BCUT2D eigenvalue weighted by atomic mass is 9.98. The summed E-state index contributed by atoms with van der Waals surface area (Å²) in [5.74, 6) is 1.81. The van der Waals surface area contributed by atoms with Crippen LogP contribution < -0.4 is 9.80 Å². The number of aromatic nitrogens is 2. The van der Waals surface area contributed by atoms with Gasteiger partial charge in [0.2, 0.25) is 15.9 Å². The number of nitrogens with zero attached hydrogens (tertiary/aromatic N) is 5. The number of carbonyl (C=O) groups excluding carboxylic acids is 1. The Morgan fingerprint density at radius 2 is 1.81 bits per heavy atom. The first kappa shape index (κ1) is 20.4. The van der Waals surface area contributed by atoms with E-state index in [1.807, 2.05) is 19.2 Å². The number of benzene rings is 1. The Morgan fingerprint density at radius 3 is 2.52 bits per heavy atom. The number of hydrogen-bond donors (Lipinski definition) is 0. The van der Waals surface area contributed by atoms with Crippen LogP contribution in [0.5, 0.6) is 0 Å². The third kappa shape index (κ3) is 3.59. The van der Waals surface area contributed by atoms with Crippen molar-refractivity contribution >= 4 is 27.4 Å². The van der Waals surface area contributed by atoms with E-state index in [0.29, 0.717) is 31.3 Å². The van der Waals surface area contributed by atoms with Crippen molar-refractivity contribution in [2.24, 2.45) is 11.8 Å². The van der Waals surface area contributed by atoms with Crippen molar-refractivity contribution < 1.29 is 13.2 Å². The molecule has 0 saturated carbocycles. The number of amides is 1. The molecule has 0 N–H and O–H groups in total. The number of fused-ring (bicyclic) bond motifs is 2. The molecule has 2 atom stereocenters. The van der Waals surface area contributed by atoms with E-state index in [-0.39, 0.29) is 11.7 Å². The van der Waals surface area contributed by atoms with E-state index in [2.05, 4.69) is 16.0 Å². The zero-order valence-electron chi connectivity index (χ0n) is 17.9. The SMILES string of the molecule is CCS(=O)(=O)N1CC2CN(c3cncc(-c4ccc5c(c4)CCC(=O)N5C)n3)CC2C1. The molecule has 1 aromatic carbocycles. The van der Waals surface area contributed by atoms with Gasteiger partial charge in [-0.2, -0.15) is 0 Å². The molecule has 4 heterocycles. The zero-order valence-corrected chi connectivity index (χ0v) is 18.7. The maximum atomic E-state index is 12.2. The van der Waals surface area contributed by atoms with E-state index in [4.69, 9.17) is 4.98 Å². The molecule has 0 radical (unpaired) electrons. The second kappa shape index (κ2) is 7.56. The van der Waals surface area contributed by atoms with Gasteiger partial charge in [0.25, 0.3) is 0 Å². The van der Waals surface area contributed by atoms with Crippen LogP contribution in [0.15, 0.2) is 30.6 Å². The molecule has 5 rings (SSSR count). The molecule has 2 saturated heterocycles. The minimum absolute atomic E-state index is 0.145. The third-order valence-corrected chi connectivity index (χ3v) is 8.69. The molecule has 2 aromatic rings. The van der Waals surface area contributed by atoms with E-state index >= 15 is 0 Å². The van der Waals surface area contributed by atoms with Crippen LogP contribution in [0.1, 0.15) is 18.9 Å². The van der Waals surface area contributed by atoms with Crippen LogP contribution in [0.4, 0.5) is 11.5 Å². The zero-order chi connectivity index (χ0) is 21.8. The van der Waals surface area contributed by atoms with Gasteiger partial charge >= 0.3 is 0 Å². The first-order valence-electron chi connectivity index (χ1n) is 10.8. The van der Waals surface area contributed by atoms with Crippen molar-refractivity contribution in [3.05, 3.63) is 36.2 Å². The lowest BCUT2D eigenvalue weighted by Crippen LogP contribution is -2.34. The van der Waals surface area contributed by atoms with Crippen LogP contribution in [-0.4, -0.2) is 67.6 Å². The number of aryl methyl sites for hydroxylation is 1. The highest BCUT2D eigenvalue weighted by molar-refractivity contribution is 7.89. The van der Waals surface area contributed by atoms with Crippen molar-refractivity contribution in [3.8, 4) is 11.3 Å². The monoisotopic (exact) mass is 441 g/mol. The van der Waals surface area contributed by atoms with Gasteiger partial charge in [0, 0.05) is 50.9 Å². The molecule has 8 nitrogen and oxygen atoms in total. The van der Waals surface area contributed by atoms with Gasteiger partial charge in [0.1, 0.15) is 5.82 Å². The fourth-order valence-corrected chi connectivity index (χ4v) is 6.21. The summed E-state index contributed by atoms with van der Waals surface area (Å²) in [6.45, 7) is 4.50. The number of anilines is 2. The molecule has 0 bridgehead atoms. The summed E-state index contributed by atoms with van der Waals surface area (Å²) in [7, 11) is -1.30. The number of rotatable bonds is 4. The lowest BCUT2D eigenvalue weighted by Gasteiger charge is -2.26. The number of hydrogen-bond acceptors (Lipinski definition) is 6. The fourth-order valence-electron chi connectivity index (χ4n) is 5.01. The van der Waals surface area contributed by atoms with Crippen LogP contribution in [0.3, 0.4) is 0 Å². The van der Waals surface area contributed by atoms with E-state index in [1.165, 1.54) is 0 Å². The smallest absolute Gasteiger partial charge is 0.227 e. The second-order valence-corrected chi connectivity index (χ2v) is 11.0. The lowest BCUT2D eigenvalue weighted by molar-refractivity contribution is -0.118.